The number of nitriles is 4. The van der Waals surface area contributed by atoms with Crippen LogP contribution < -0.4 is 21.3 Å². The van der Waals surface area contributed by atoms with Crippen molar-refractivity contribution in [3.8, 4) is 66.0 Å². The third-order valence-electron chi connectivity index (χ3n) is 15.4. The number of hydrogen-bond donors (Lipinski definition) is 4. The standard InChI is InChI=1S/2C22H15N3OS.C18H11ClFN3OS.C18H11F2N3OS/c23-14-18-12-20(16-8-10-24-11-9-16)27-22(18)25-21(26)13-17-6-3-5-15-4-1-2-7-19(15)17;23-14-19-13-20(17-7-9-24-10-8-17)27-22(19)25-21(26)12-15-5-6-16-3-1-2-4-18(16)11-15;19-14-1-2-15(20)12(7-14)9-17(24)23-18-13(10-21)8-16(25-18)11-3-5-22-6-4-11;19-14-2-1-11(7-15(14)20)8-17(24)23-18-13(10-21)9-16(25-18)12-3-5-22-6-4-12/h1-12H,13H2,(H,25,26);1-11,13H,12H2,(H,25,26);1-8H,9H2,(H,23,24);1-7,9H,8H2,(H,23,24). The number of pyridine rings is 4. The van der Waals surface area contributed by atoms with E-state index in [-0.39, 0.29) is 43.1 Å². The van der Waals surface area contributed by atoms with E-state index in [9.17, 15) is 53.4 Å². The van der Waals surface area contributed by atoms with E-state index >= 15 is 0 Å². The fourth-order valence-corrected chi connectivity index (χ4v) is 14.7. The van der Waals surface area contributed by atoms with Gasteiger partial charge >= 0.3 is 0 Å². The number of nitrogens with zero attached hydrogens (tertiary/aromatic N) is 8. The summed E-state index contributed by atoms with van der Waals surface area (Å²) >= 11 is 11.2. The summed E-state index contributed by atoms with van der Waals surface area (Å²) in [5, 5.41) is 55.3. The van der Waals surface area contributed by atoms with Crippen molar-refractivity contribution in [3.63, 3.8) is 0 Å². The third kappa shape index (κ3) is 19.2. The van der Waals surface area contributed by atoms with E-state index in [1.54, 1.807) is 86.0 Å². The summed E-state index contributed by atoms with van der Waals surface area (Å²) in [7, 11) is 0. The quantitative estimate of drug-likeness (QED) is 0.0704. The number of carbonyl (C=O) groups is 4. The van der Waals surface area contributed by atoms with Gasteiger partial charge in [-0.05, 0) is 169 Å². The van der Waals surface area contributed by atoms with Crippen LogP contribution in [0.1, 0.15) is 44.5 Å². The van der Waals surface area contributed by atoms with Crippen LogP contribution in [0, 0.1) is 62.8 Å². The molecule has 0 radical (unpaired) electrons. The molecule has 0 bridgehead atoms. The van der Waals surface area contributed by atoms with Gasteiger partial charge in [-0.25, -0.2) is 13.2 Å². The number of halogens is 4. The summed E-state index contributed by atoms with van der Waals surface area (Å²) in [6.07, 6.45) is 13.7. The molecule has 14 aromatic rings. The Morgan fingerprint density at radius 2 is 0.702 bits per heavy atom. The second-order valence-electron chi connectivity index (χ2n) is 22.5. The Hall–Kier alpha value is -12.8. The minimum atomic E-state index is -1.00. The van der Waals surface area contributed by atoms with Gasteiger partial charge < -0.3 is 21.3 Å². The number of benzene rings is 6. The molecule has 14 rings (SSSR count). The first-order valence-corrected chi connectivity index (χ1v) is 35.0. The van der Waals surface area contributed by atoms with Gasteiger partial charge in [-0.15, -0.1) is 45.3 Å². The van der Waals surface area contributed by atoms with Crippen LogP contribution in [0.25, 0.3) is 63.3 Å². The van der Waals surface area contributed by atoms with Crippen LogP contribution in [-0.4, -0.2) is 43.6 Å². The van der Waals surface area contributed by atoms with Crippen LogP contribution in [0.15, 0.2) is 244 Å². The summed E-state index contributed by atoms with van der Waals surface area (Å²) in [6, 6.07) is 65.6. The van der Waals surface area contributed by atoms with Crippen molar-refractivity contribution in [1.29, 1.82) is 21.0 Å². The van der Waals surface area contributed by atoms with E-state index in [2.05, 4.69) is 59.4 Å². The van der Waals surface area contributed by atoms with E-state index < -0.39 is 29.3 Å². The molecule has 0 atom stereocenters. The monoisotopic (exact) mass is 1460 g/mol. The summed E-state index contributed by atoms with van der Waals surface area (Å²) in [5.74, 6) is -3.55. The molecule has 0 saturated carbocycles. The molecule has 0 aliphatic heterocycles. The number of thiophene rings is 4. The molecule has 24 heteroatoms. The van der Waals surface area contributed by atoms with Crippen molar-refractivity contribution in [2.45, 2.75) is 25.7 Å². The summed E-state index contributed by atoms with van der Waals surface area (Å²) in [5.41, 5.74) is 7.84. The molecule has 104 heavy (non-hydrogen) atoms. The molecule has 8 aromatic heterocycles. The lowest BCUT2D eigenvalue weighted by Gasteiger charge is -2.07. The summed E-state index contributed by atoms with van der Waals surface area (Å²) in [6.45, 7) is 0. The van der Waals surface area contributed by atoms with E-state index in [4.69, 9.17) is 11.6 Å². The van der Waals surface area contributed by atoms with Gasteiger partial charge in [-0.3, -0.25) is 39.1 Å². The zero-order valence-electron chi connectivity index (χ0n) is 54.3. The first-order chi connectivity index (χ1) is 50.6. The smallest absolute Gasteiger partial charge is 0.229 e. The lowest BCUT2D eigenvalue weighted by molar-refractivity contribution is -0.116. The summed E-state index contributed by atoms with van der Waals surface area (Å²) in [4.78, 5) is 68.9. The zero-order valence-corrected chi connectivity index (χ0v) is 58.3. The number of hydrogen-bond acceptors (Lipinski definition) is 16. The largest absolute Gasteiger partial charge is 0.316 e. The number of rotatable bonds is 16. The molecular formula is C80H52ClF3N12O4S4. The first-order valence-electron chi connectivity index (χ1n) is 31.4. The van der Waals surface area contributed by atoms with Gasteiger partial charge in [0.1, 0.15) is 50.1 Å². The lowest BCUT2D eigenvalue weighted by atomic mass is 10.0. The second-order valence-corrected chi connectivity index (χ2v) is 27.2. The average Bonchev–Trinajstić information content (AvgIpc) is 1.21. The van der Waals surface area contributed by atoms with E-state index in [0.717, 1.165) is 86.6 Å². The predicted molar refractivity (Wildman–Crippen MR) is 404 cm³/mol. The predicted octanol–water partition coefficient (Wildman–Crippen LogP) is 18.8. The fourth-order valence-electron chi connectivity index (χ4n) is 10.4. The molecule has 4 N–H and O–H groups in total. The Balaban J connectivity index is 0.000000139. The van der Waals surface area contributed by atoms with Gasteiger partial charge in [-0.2, -0.15) is 21.0 Å². The van der Waals surface area contributed by atoms with Crippen LogP contribution in [0.2, 0.25) is 5.02 Å². The number of nitrogens with one attached hydrogen (secondary N) is 4. The van der Waals surface area contributed by atoms with Gasteiger partial charge in [0.15, 0.2) is 11.6 Å². The SMILES string of the molecule is N#Cc1cc(-c2ccncc2)sc1NC(=O)Cc1cc(Cl)ccc1F.N#Cc1cc(-c2ccncc2)sc1NC(=O)Cc1ccc(F)c(F)c1.N#Cc1cc(-c2ccncc2)sc1NC(=O)Cc1ccc2ccccc2c1.N#Cc1cc(-c2ccncc2)sc1NC(=O)Cc1cccc2ccccc12. The van der Waals surface area contributed by atoms with Crippen molar-refractivity contribution >= 4 is 122 Å². The average molecular weight is 1470 g/mol. The Kier molecular flexibility index (Phi) is 24.3. The number of fused-ring (bicyclic) bond motifs is 2. The van der Waals surface area contributed by atoms with Crippen molar-refractivity contribution in [2.75, 3.05) is 21.3 Å². The Labute approximate surface area is 614 Å². The van der Waals surface area contributed by atoms with Gasteiger partial charge in [0.2, 0.25) is 23.6 Å². The van der Waals surface area contributed by atoms with E-state index in [1.165, 1.54) is 69.6 Å². The molecule has 0 unspecified atom stereocenters. The topological polar surface area (TPSA) is 263 Å². The molecule has 6 aromatic carbocycles. The first kappa shape index (κ1) is 72.4. The van der Waals surface area contributed by atoms with Crippen molar-refractivity contribution in [1.82, 2.24) is 19.9 Å². The van der Waals surface area contributed by atoms with E-state index in [0.29, 0.717) is 52.8 Å². The Morgan fingerprint density at radius 3 is 1.12 bits per heavy atom. The maximum atomic E-state index is 13.7. The van der Waals surface area contributed by atoms with Crippen molar-refractivity contribution in [2.24, 2.45) is 0 Å². The molecule has 16 nitrogen and oxygen atoms in total. The highest BCUT2D eigenvalue weighted by atomic mass is 35.5. The van der Waals surface area contributed by atoms with E-state index in [1.807, 2.05) is 127 Å². The Bertz CT molecular complexity index is 5620. The molecule has 0 saturated heterocycles. The maximum Gasteiger partial charge on any atom is 0.229 e. The number of aromatic nitrogens is 4. The number of carbonyl (C=O) groups excluding carboxylic acids is 4. The van der Waals surface area contributed by atoms with Crippen LogP contribution >= 0.6 is 56.9 Å². The van der Waals surface area contributed by atoms with Crippen LogP contribution in [0.4, 0.5) is 33.2 Å². The second kappa shape index (κ2) is 35.0. The van der Waals surface area contributed by atoms with Crippen LogP contribution in [0.3, 0.4) is 0 Å². The van der Waals surface area contributed by atoms with Crippen molar-refractivity contribution < 1.29 is 32.3 Å². The Morgan fingerprint density at radius 1 is 0.346 bits per heavy atom. The molecule has 0 fully saturated rings. The number of amides is 4. The molecule has 4 amide bonds. The van der Waals surface area contributed by atoms with Crippen molar-refractivity contribution in [3.05, 3.63) is 311 Å². The number of anilines is 4. The van der Waals surface area contributed by atoms with Gasteiger partial charge in [0.25, 0.3) is 0 Å². The van der Waals surface area contributed by atoms with Gasteiger partial charge in [0.05, 0.1) is 47.9 Å². The molecule has 508 valence electrons. The third-order valence-corrected chi connectivity index (χ3v) is 20.0. The highest BCUT2D eigenvalue weighted by Gasteiger charge is 2.20. The fraction of sp³-hybridized carbons (Fsp3) is 0.0500. The summed E-state index contributed by atoms with van der Waals surface area (Å²) < 4.78 is 39.9. The maximum absolute atomic E-state index is 13.7. The lowest BCUT2D eigenvalue weighted by Crippen LogP contribution is -2.15. The molecular weight excluding hydrogens is 1410 g/mol. The van der Waals surface area contributed by atoms with Gasteiger partial charge in [0, 0.05) is 74.1 Å². The zero-order chi connectivity index (χ0) is 72.9. The molecule has 0 aliphatic rings. The highest BCUT2D eigenvalue weighted by molar-refractivity contribution is 7.21. The van der Waals surface area contributed by atoms with Gasteiger partial charge in [-0.1, -0.05) is 103 Å². The minimum absolute atomic E-state index is 0.120. The molecule has 0 spiro atoms. The minimum Gasteiger partial charge on any atom is -0.316 e. The normalized spacial score (nSPS) is 10.4. The molecule has 8 heterocycles. The van der Waals surface area contributed by atoms with Crippen LogP contribution in [-0.2, 0) is 44.9 Å². The van der Waals surface area contributed by atoms with Crippen LogP contribution in [0.5, 0.6) is 0 Å². The molecule has 0 aliphatic carbocycles. The highest BCUT2D eigenvalue weighted by Crippen LogP contribution is 2.39.